The fourth-order valence-corrected chi connectivity index (χ4v) is 5.88. The van der Waals surface area contributed by atoms with Gasteiger partial charge in [0.25, 0.3) is 0 Å². The molecule has 0 radical (unpaired) electrons. The van der Waals surface area contributed by atoms with Crippen LogP contribution in [0, 0.1) is 6.92 Å². The third-order valence-electron chi connectivity index (χ3n) is 7.01. The topological polar surface area (TPSA) is 93.1 Å². The van der Waals surface area contributed by atoms with Crippen molar-refractivity contribution >= 4 is 61.9 Å². The van der Waals surface area contributed by atoms with E-state index in [0.717, 1.165) is 26.6 Å². The molecule has 1 fully saturated rings. The Kier molecular flexibility index (Phi) is 7.04. The summed E-state index contributed by atoms with van der Waals surface area (Å²) in [5.41, 5.74) is 3.10. The van der Waals surface area contributed by atoms with E-state index in [9.17, 15) is 9.59 Å². The molecule has 2 aromatic carbocycles. The van der Waals surface area contributed by atoms with Gasteiger partial charge in [0, 0.05) is 62.6 Å². The average Bonchev–Trinajstić information content (AvgIpc) is 3.48. The molecule has 3 heterocycles. The number of fused-ring (bicyclic) bond motifs is 1. The van der Waals surface area contributed by atoms with Gasteiger partial charge < -0.3 is 14.6 Å². The number of rotatable bonds is 5. The number of carbonyl (C=O) groups excluding carboxylic acids is 2. The van der Waals surface area contributed by atoms with Crippen LogP contribution in [0.5, 0.6) is 0 Å². The minimum atomic E-state index is -1.07. The summed E-state index contributed by atoms with van der Waals surface area (Å²) in [6.45, 7) is 2.75. The Hall–Kier alpha value is -2.88. The standard InChI is InChI=1S/C26H24BrCl2N5O3/c1-15-20(21-11-17(27)3-4-22(21)30-15)13-24(35)33-7-5-26(6-8-33,25(36)37-2)34-14-23(31-32-34)16-9-18(28)12-19(29)10-16/h3-4,9-12,14,30H,5-8,13H2,1-2H3. The van der Waals surface area contributed by atoms with Crippen molar-refractivity contribution in [2.75, 3.05) is 20.2 Å². The summed E-state index contributed by atoms with van der Waals surface area (Å²) < 4.78 is 7.68. The molecule has 1 aliphatic rings. The normalized spacial score (nSPS) is 15.2. The Morgan fingerprint density at radius 3 is 2.51 bits per heavy atom. The van der Waals surface area contributed by atoms with E-state index in [1.807, 2.05) is 25.1 Å². The summed E-state index contributed by atoms with van der Waals surface area (Å²) in [5, 5.41) is 10.5. The lowest BCUT2D eigenvalue weighted by Crippen LogP contribution is -2.53. The molecule has 0 saturated carbocycles. The number of aromatic nitrogens is 4. The van der Waals surface area contributed by atoms with Gasteiger partial charge in [-0.25, -0.2) is 9.48 Å². The quantitative estimate of drug-likeness (QED) is 0.302. The summed E-state index contributed by atoms with van der Waals surface area (Å²) in [6, 6.07) is 11.1. The lowest BCUT2D eigenvalue weighted by Gasteiger charge is -2.39. The van der Waals surface area contributed by atoms with Gasteiger partial charge in [0.2, 0.25) is 5.91 Å². The first-order valence-corrected chi connectivity index (χ1v) is 13.3. The van der Waals surface area contributed by atoms with Crippen molar-refractivity contribution in [2.24, 2.45) is 0 Å². The van der Waals surface area contributed by atoms with E-state index in [2.05, 4.69) is 31.2 Å². The van der Waals surface area contributed by atoms with Gasteiger partial charge in [-0.1, -0.05) is 44.3 Å². The molecule has 0 aliphatic carbocycles. The van der Waals surface area contributed by atoms with Crippen molar-refractivity contribution < 1.29 is 14.3 Å². The fourth-order valence-electron chi connectivity index (χ4n) is 5.00. The van der Waals surface area contributed by atoms with Crippen LogP contribution in [0.3, 0.4) is 0 Å². The third-order valence-corrected chi connectivity index (χ3v) is 7.94. The number of amides is 1. The summed E-state index contributed by atoms with van der Waals surface area (Å²) in [6.07, 6.45) is 2.67. The molecule has 0 bridgehead atoms. The number of piperidine rings is 1. The van der Waals surface area contributed by atoms with Crippen LogP contribution in [-0.4, -0.2) is 57.0 Å². The minimum absolute atomic E-state index is 0.00953. The molecule has 1 amide bonds. The zero-order chi connectivity index (χ0) is 26.3. The highest BCUT2D eigenvalue weighted by Gasteiger charge is 2.46. The molecule has 8 nitrogen and oxygen atoms in total. The Labute approximate surface area is 232 Å². The number of esters is 1. The van der Waals surface area contributed by atoms with E-state index >= 15 is 0 Å². The number of H-pyrrole nitrogens is 1. The lowest BCUT2D eigenvalue weighted by atomic mass is 9.87. The number of nitrogens with one attached hydrogen (secondary N) is 1. The Morgan fingerprint density at radius 2 is 1.84 bits per heavy atom. The molecular formula is C26H24BrCl2N5O3. The lowest BCUT2D eigenvalue weighted by molar-refractivity contribution is -0.156. The van der Waals surface area contributed by atoms with Gasteiger partial charge in [-0.2, -0.15) is 0 Å². The van der Waals surface area contributed by atoms with Crippen LogP contribution in [0.25, 0.3) is 22.2 Å². The molecule has 2 aromatic heterocycles. The van der Waals surface area contributed by atoms with Gasteiger partial charge in [-0.05, 0) is 48.9 Å². The van der Waals surface area contributed by atoms with Crippen molar-refractivity contribution in [1.29, 1.82) is 0 Å². The second-order valence-corrected chi connectivity index (χ2v) is 11.0. The predicted octanol–water partition coefficient (Wildman–Crippen LogP) is 5.54. The zero-order valence-corrected chi connectivity index (χ0v) is 23.3. The summed E-state index contributed by atoms with van der Waals surface area (Å²) in [7, 11) is 1.36. The van der Waals surface area contributed by atoms with E-state index in [-0.39, 0.29) is 12.3 Å². The van der Waals surface area contributed by atoms with Crippen molar-refractivity contribution in [3.8, 4) is 11.3 Å². The van der Waals surface area contributed by atoms with E-state index in [0.29, 0.717) is 47.2 Å². The zero-order valence-electron chi connectivity index (χ0n) is 20.2. The number of hydrogen-bond donors (Lipinski definition) is 1. The largest absolute Gasteiger partial charge is 0.467 e. The van der Waals surface area contributed by atoms with Crippen molar-refractivity contribution in [2.45, 2.75) is 31.7 Å². The van der Waals surface area contributed by atoms with Crippen LogP contribution in [0.1, 0.15) is 24.1 Å². The Balaban J connectivity index is 1.36. The molecule has 1 aliphatic heterocycles. The summed E-state index contributed by atoms with van der Waals surface area (Å²) >= 11 is 15.8. The molecule has 0 atom stereocenters. The predicted molar refractivity (Wildman–Crippen MR) is 146 cm³/mol. The number of ether oxygens (including phenoxy) is 1. The van der Waals surface area contributed by atoms with E-state index in [1.165, 1.54) is 7.11 Å². The molecule has 1 N–H and O–H groups in total. The van der Waals surface area contributed by atoms with Gasteiger partial charge in [0.1, 0.15) is 5.69 Å². The number of likely N-dealkylation sites (tertiary alicyclic amines) is 1. The number of hydrogen-bond acceptors (Lipinski definition) is 5. The second-order valence-electron chi connectivity index (χ2n) is 9.21. The number of benzene rings is 2. The molecular weight excluding hydrogens is 581 g/mol. The Morgan fingerprint density at radius 1 is 1.14 bits per heavy atom. The Bertz CT molecular complexity index is 1490. The van der Waals surface area contributed by atoms with Crippen LogP contribution in [0.4, 0.5) is 0 Å². The number of carbonyl (C=O) groups is 2. The smallest absolute Gasteiger partial charge is 0.334 e. The van der Waals surface area contributed by atoms with Crippen LogP contribution >= 0.6 is 39.1 Å². The number of aryl methyl sites for hydroxylation is 1. The number of halogens is 3. The van der Waals surface area contributed by atoms with Crippen molar-refractivity contribution in [3.63, 3.8) is 0 Å². The summed E-state index contributed by atoms with van der Waals surface area (Å²) in [4.78, 5) is 31.5. The van der Waals surface area contributed by atoms with Crippen LogP contribution in [0.2, 0.25) is 10.0 Å². The SMILES string of the molecule is COC(=O)C1(n2cc(-c3cc(Cl)cc(Cl)c3)nn2)CCN(C(=O)Cc2c(C)[nH]c3ccc(Br)cc23)CC1. The monoisotopic (exact) mass is 603 g/mol. The fraction of sp³-hybridized carbons (Fsp3) is 0.308. The van der Waals surface area contributed by atoms with Gasteiger partial charge in [-0.15, -0.1) is 5.10 Å². The molecule has 11 heteroatoms. The number of methoxy groups -OCH3 is 1. The molecule has 1 saturated heterocycles. The van der Waals surface area contributed by atoms with Crippen LogP contribution in [-0.2, 0) is 26.3 Å². The maximum absolute atomic E-state index is 13.3. The molecule has 4 aromatic rings. The van der Waals surface area contributed by atoms with Crippen molar-refractivity contribution in [3.05, 3.63) is 68.4 Å². The van der Waals surface area contributed by atoms with Crippen LogP contribution < -0.4 is 0 Å². The average molecular weight is 605 g/mol. The molecule has 37 heavy (non-hydrogen) atoms. The highest BCUT2D eigenvalue weighted by atomic mass is 79.9. The number of aromatic amines is 1. The molecule has 192 valence electrons. The van der Waals surface area contributed by atoms with Crippen molar-refractivity contribution in [1.82, 2.24) is 24.9 Å². The maximum Gasteiger partial charge on any atom is 0.334 e. The highest BCUT2D eigenvalue weighted by molar-refractivity contribution is 9.10. The maximum atomic E-state index is 13.3. The summed E-state index contributed by atoms with van der Waals surface area (Å²) in [5.74, 6) is -0.409. The van der Waals surface area contributed by atoms with Crippen LogP contribution in [0.15, 0.2) is 47.1 Å². The van der Waals surface area contributed by atoms with Gasteiger partial charge in [0.05, 0.1) is 19.7 Å². The molecule has 5 rings (SSSR count). The number of nitrogens with zero attached hydrogens (tertiary/aromatic N) is 4. The highest BCUT2D eigenvalue weighted by Crippen LogP contribution is 2.34. The first-order chi connectivity index (χ1) is 17.7. The second kappa shape index (κ2) is 10.1. The first-order valence-electron chi connectivity index (χ1n) is 11.7. The molecule has 0 unspecified atom stereocenters. The van der Waals surface area contributed by atoms with E-state index in [4.69, 9.17) is 27.9 Å². The first kappa shape index (κ1) is 25.8. The minimum Gasteiger partial charge on any atom is -0.467 e. The van der Waals surface area contributed by atoms with Gasteiger partial charge >= 0.3 is 5.97 Å². The van der Waals surface area contributed by atoms with Gasteiger partial charge in [0.15, 0.2) is 5.54 Å². The van der Waals surface area contributed by atoms with E-state index in [1.54, 1.807) is 34.0 Å². The third kappa shape index (κ3) is 4.87. The van der Waals surface area contributed by atoms with Gasteiger partial charge in [-0.3, -0.25) is 4.79 Å². The van der Waals surface area contributed by atoms with E-state index < -0.39 is 11.5 Å². The molecule has 0 spiro atoms.